The van der Waals surface area contributed by atoms with Crippen molar-refractivity contribution in [1.82, 2.24) is 19.8 Å². The lowest BCUT2D eigenvalue weighted by Crippen LogP contribution is -2.47. The molecule has 2 aromatic rings. The fourth-order valence-electron chi connectivity index (χ4n) is 3.48. The Labute approximate surface area is 137 Å². The minimum atomic E-state index is 0.136. The molecule has 22 heavy (non-hydrogen) atoms. The van der Waals surface area contributed by atoms with E-state index in [4.69, 9.17) is 0 Å². The second-order valence-corrected chi connectivity index (χ2v) is 7.69. The number of nitrogens with zero attached hydrogens (tertiary/aromatic N) is 4. The number of amides is 1. The zero-order chi connectivity index (χ0) is 14.9. The molecule has 0 spiro atoms. The van der Waals surface area contributed by atoms with Gasteiger partial charge in [-0.3, -0.25) is 9.69 Å². The molecule has 116 valence electrons. The van der Waals surface area contributed by atoms with Crippen LogP contribution < -0.4 is 0 Å². The van der Waals surface area contributed by atoms with E-state index in [9.17, 15) is 4.79 Å². The van der Waals surface area contributed by atoms with Gasteiger partial charge in [0.15, 0.2) is 0 Å². The van der Waals surface area contributed by atoms with Crippen molar-refractivity contribution in [1.29, 1.82) is 0 Å². The van der Waals surface area contributed by atoms with Gasteiger partial charge in [0, 0.05) is 36.1 Å². The number of thiazole rings is 2. The minimum absolute atomic E-state index is 0.136. The molecular formula is C15H18N4OS2. The highest BCUT2D eigenvalue weighted by atomic mass is 32.1. The Kier molecular flexibility index (Phi) is 3.94. The van der Waals surface area contributed by atoms with Gasteiger partial charge in [0.25, 0.3) is 0 Å². The van der Waals surface area contributed by atoms with Gasteiger partial charge in [-0.2, -0.15) is 0 Å². The van der Waals surface area contributed by atoms with Crippen molar-refractivity contribution in [3.05, 3.63) is 33.2 Å². The third-order valence-corrected chi connectivity index (χ3v) is 5.93. The molecule has 0 aliphatic carbocycles. The van der Waals surface area contributed by atoms with E-state index in [2.05, 4.69) is 19.8 Å². The average Bonchev–Trinajstić information content (AvgIpc) is 3.14. The van der Waals surface area contributed by atoms with E-state index in [1.807, 2.05) is 22.5 Å². The molecule has 5 nitrogen and oxygen atoms in total. The molecule has 7 heteroatoms. The molecule has 3 aliphatic rings. The lowest BCUT2D eigenvalue weighted by molar-refractivity contribution is -0.140. The molecule has 0 saturated carbocycles. The molecule has 0 radical (unpaired) electrons. The van der Waals surface area contributed by atoms with Crippen LogP contribution in [0.4, 0.5) is 0 Å². The van der Waals surface area contributed by atoms with E-state index < -0.39 is 0 Å². The number of piperidine rings is 1. The van der Waals surface area contributed by atoms with Gasteiger partial charge in [0.1, 0.15) is 5.01 Å². The van der Waals surface area contributed by atoms with Gasteiger partial charge in [-0.15, -0.1) is 22.7 Å². The van der Waals surface area contributed by atoms with Crippen molar-refractivity contribution in [2.45, 2.75) is 32.0 Å². The Morgan fingerprint density at radius 2 is 2.18 bits per heavy atom. The highest BCUT2D eigenvalue weighted by Crippen LogP contribution is 2.31. The summed E-state index contributed by atoms with van der Waals surface area (Å²) in [4.78, 5) is 25.9. The number of aromatic nitrogens is 2. The molecule has 5 rings (SSSR count). The Hall–Kier alpha value is -1.31. The van der Waals surface area contributed by atoms with E-state index in [1.54, 1.807) is 22.7 Å². The number of hydrogen-bond donors (Lipinski definition) is 0. The molecule has 0 unspecified atom stereocenters. The lowest BCUT2D eigenvalue weighted by atomic mass is 9.94. The Morgan fingerprint density at radius 1 is 1.23 bits per heavy atom. The highest BCUT2D eigenvalue weighted by molar-refractivity contribution is 7.09. The second kappa shape index (κ2) is 6.06. The van der Waals surface area contributed by atoms with Crippen LogP contribution >= 0.6 is 22.7 Å². The standard InChI is InChI=1S/C15H18N4OS2/c20-15-11-1-2-13(19(15)6-12-9-21-10-17-12)7-18(5-11)8-14-16-3-4-22-14/h3-4,9-11,13H,1-2,5-8H2/t11-,13+/m0/s1. The molecule has 3 saturated heterocycles. The number of rotatable bonds is 4. The summed E-state index contributed by atoms with van der Waals surface area (Å²) in [5.41, 5.74) is 2.85. The predicted octanol–water partition coefficient (Wildman–Crippen LogP) is 2.22. The van der Waals surface area contributed by atoms with Gasteiger partial charge in [0.2, 0.25) is 5.91 Å². The fraction of sp³-hybridized carbons (Fsp3) is 0.533. The highest BCUT2D eigenvalue weighted by Gasteiger charge is 2.40. The summed E-state index contributed by atoms with van der Waals surface area (Å²) in [6.45, 7) is 3.34. The number of hydrogen-bond acceptors (Lipinski definition) is 6. The number of carbonyl (C=O) groups excluding carboxylic acids is 1. The zero-order valence-electron chi connectivity index (χ0n) is 12.2. The summed E-state index contributed by atoms with van der Waals surface area (Å²) in [7, 11) is 0. The van der Waals surface area contributed by atoms with Crippen LogP contribution in [0.25, 0.3) is 0 Å². The van der Waals surface area contributed by atoms with E-state index in [0.29, 0.717) is 18.5 Å². The van der Waals surface area contributed by atoms with Crippen LogP contribution in [0.15, 0.2) is 22.5 Å². The van der Waals surface area contributed by atoms with Crippen LogP contribution in [0.2, 0.25) is 0 Å². The second-order valence-electron chi connectivity index (χ2n) is 5.99. The van der Waals surface area contributed by atoms with Gasteiger partial charge in [-0.05, 0) is 12.8 Å². The van der Waals surface area contributed by atoms with Crippen molar-refractivity contribution in [2.75, 3.05) is 13.1 Å². The number of carbonyl (C=O) groups is 1. The molecule has 2 aromatic heterocycles. The molecule has 0 N–H and O–H groups in total. The monoisotopic (exact) mass is 334 g/mol. The van der Waals surface area contributed by atoms with Gasteiger partial charge >= 0.3 is 0 Å². The predicted molar refractivity (Wildman–Crippen MR) is 86.6 cm³/mol. The molecule has 0 aromatic carbocycles. The van der Waals surface area contributed by atoms with Gasteiger partial charge < -0.3 is 4.90 Å². The van der Waals surface area contributed by atoms with E-state index in [0.717, 1.165) is 43.2 Å². The SMILES string of the molecule is O=C1[C@H]2CC[C@H](CN(Cc3nccs3)C2)N1Cc1cscn1. The summed E-state index contributed by atoms with van der Waals surface area (Å²) < 4.78 is 0. The largest absolute Gasteiger partial charge is 0.332 e. The summed E-state index contributed by atoms with van der Waals surface area (Å²) in [6, 6.07) is 0.313. The van der Waals surface area contributed by atoms with Crippen molar-refractivity contribution < 1.29 is 4.79 Å². The quantitative estimate of drug-likeness (QED) is 0.860. The summed E-state index contributed by atoms with van der Waals surface area (Å²) in [6.07, 6.45) is 3.98. The van der Waals surface area contributed by atoms with Crippen LogP contribution in [-0.2, 0) is 17.9 Å². The fourth-order valence-corrected chi connectivity index (χ4v) is 4.69. The van der Waals surface area contributed by atoms with Crippen molar-refractivity contribution in [2.24, 2.45) is 5.92 Å². The first kappa shape index (κ1) is 14.3. The Balaban J connectivity index is 1.51. The minimum Gasteiger partial charge on any atom is -0.332 e. The first-order chi connectivity index (χ1) is 10.8. The third-order valence-electron chi connectivity index (χ3n) is 4.53. The molecular weight excluding hydrogens is 316 g/mol. The summed E-state index contributed by atoms with van der Waals surface area (Å²) >= 11 is 3.28. The molecule has 3 aliphatic heterocycles. The maximum Gasteiger partial charge on any atom is 0.227 e. The summed E-state index contributed by atoms with van der Waals surface area (Å²) in [5, 5.41) is 5.19. The summed E-state index contributed by atoms with van der Waals surface area (Å²) in [5.74, 6) is 0.447. The Morgan fingerprint density at radius 3 is 2.95 bits per heavy atom. The zero-order valence-corrected chi connectivity index (χ0v) is 13.9. The molecule has 1 amide bonds. The normalized spacial score (nSPS) is 25.6. The first-order valence-electron chi connectivity index (χ1n) is 7.58. The lowest BCUT2D eigenvalue weighted by Gasteiger charge is -2.35. The molecule has 3 fully saturated rings. The van der Waals surface area contributed by atoms with Crippen LogP contribution in [0, 0.1) is 5.92 Å². The van der Waals surface area contributed by atoms with Gasteiger partial charge in [-0.1, -0.05) is 0 Å². The van der Waals surface area contributed by atoms with Crippen LogP contribution in [0.3, 0.4) is 0 Å². The average molecular weight is 334 g/mol. The maximum absolute atomic E-state index is 12.7. The van der Waals surface area contributed by atoms with Gasteiger partial charge in [0.05, 0.1) is 30.2 Å². The first-order valence-corrected chi connectivity index (χ1v) is 9.40. The van der Waals surface area contributed by atoms with E-state index >= 15 is 0 Å². The van der Waals surface area contributed by atoms with Crippen LogP contribution in [-0.4, -0.2) is 44.8 Å². The van der Waals surface area contributed by atoms with E-state index in [-0.39, 0.29) is 5.92 Å². The topological polar surface area (TPSA) is 49.3 Å². The van der Waals surface area contributed by atoms with Crippen molar-refractivity contribution >= 4 is 28.6 Å². The van der Waals surface area contributed by atoms with Crippen LogP contribution in [0.5, 0.6) is 0 Å². The van der Waals surface area contributed by atoms with Crippen molar-refractivity contribution in [3.8, 4) is 0 Å². The maximum atomic E-state index is 12.7. The molecule has 2 atom stereocenters. The Bertz CT molecular complexity index is 628. The number of fused-ring (bicyclic) bond motifs is 4. The molecule has 2 bridgehead atoms. The molecule has 5 heterocycles. The van der Waals surface area contributed by atoms with Crippen LogP contribution in [0.1, 0.15) is 23.5 Å². The van der Waals surface area contributed by atoms with E-state index in [1.165, 1.54) is 0 Å². The van der Waals surface area contributed by atoms with Gasteiger partial charge in [-0.25, -0.2) is 9.97 Å². The van der Waals surface area contributed by atoms with Crippen molar-refractivity contribution in [3.63, 3.8) is 0 Å². The smallest absolute Gasteiger partial charge is 0.227 e. The third kappa shape index (κ3) is 2.80.